The third-order valence-electron chi connectivity index (χ3n) is 3.81. The number of primary amides is 1. The summed E-state index contributed by atoms with van der Waals surface area (Å²) in [6.07, 6.45) is 5.06. The van der Waals surface area contributed by atoms with E-state index in [1.165, 1.54) is 25.7 Å². The minimum Gasteiger partial charge on any atom is -0.491 e. The lowest BCUT2D eigenvalue weighted by atomic mass is 9.83. The monoisotopic (exact) mass is 262 g/mol. The molecule has 1 fully saturated rings. The van der Waals surface area contributed by atoms with E-state index in [4.69, 9.17) is 16.2 Å². The summed E-state index contributed by atoms with van der Waals surface area (Å²) in [6.45, 7) is 2.99. The van der Waals surface area contributed by atoms with Crippen LogP contribution in [0, 0.1) is 11.8 Å². The van der Waals surface area contributed by atoms with E-state index in [-0.39, 0.29) is 0 Å². The molecule has 0 radical (unpaired) electrons. The Labute approximate surface area is 114 Å². The quantitative estimate of drug-likeness (QED) is 0.818. The largest absolute Gasteiger partial charge is 0.491 e. The van der Waals surface area contributed by atoms with Crippen molar-refractivity contribution in [1.82, 2.24) is 0 Å². The number of benzene rings is 1. The summed E-state index contributed by atoms with van der Waals surface area (Å²) in [4.78, 5) is 11.0. The number of hydrogen-bond acceptors (Lipinski definition) is 3. The molecule has 1 saturated carbocycles. The molecule has 1 amide bonds. The predicted octanol–water partition coefficient (Wildman–Crippen LogP) is 2.57. The molecule has 4 heteroatoms. The second-order valence-corrected chi connectivity index (χ2v) is 5.57. The highest BCUT2D eigenvalue weighted by molar-refractivity contribution is 5.94. The number of nitrogens with two attached hydrogens (primary N) is 2. The van der Waals surface area contributed by atoms with Gasteiger partial charge in [-0.05, 0) is 42.9 Å². The standard InChI is InChI=1S/C15H22N2O2/c1-10-3-2-4-11(7-10)9-19-14-6-5-12(15(17)18)8-13(14)16/h5-6,8,10-11H,2-4,7,9,16H2,1H3,(H2,17,18). The highest BCUT2D eigenvalue weighted by Crippen LogP contribution is 2.30. The molecule has 2 atom stereocenters. The molecule has 104 valence electrons. The maximum absolute atomic E-state index is 11.0. The van der Waals surface area contributed by atoms with E-state index in [0.717, 1.165) is 5.92 Å². The maximum Gasteiger partial charge on any atom is 0.248 e. The first-order valence-corrected chi connectivity index (χ1v) is 6.88. The molecule has 2 unspecified atom stereocenters. The van der Waals surface area contributed by atoms with Crippen LogP contribution in [0.2, 0.25) is 0 Å². The van der Waals surface area contributed by atoms with Crippen LogP contribution in [0.15, 0.2) is 18.2 Å². The van der Waals surface area contributed by atoms with Gasteiger partial charge in [0, 0.05) is 5.56 Å². The normalized spacial score (nSPS) is 23.0. The molecule has 0 heterocycles. The van der Waals surface area contributed by atoms with Crippen LogP contribution in [-0.2, 0) is 0 Å². The van der Waals surface area contributed by atoms with Gasteiger partial charge < -0.3 is 16.2 Å². The SMILES string of the molecule is CC1CCCC(COc2ccc(C(N)=O)cc2N)C1. The maximum atomic E-state index is 11.0. The van der Waals surface area contributed by atoms with Crippen LogP contribution >= 0.6 is 0 Å². The van der Waals surface area contributed by atoms with Crippen molar-refractivity contribution >= 4 is 11.6 Å². The molecule has 1 aliphatic carbocycles. The fraction of sp³-hybridized carbons (Fsp3) is 0.533. The van der Waals surface area contributed by atoms with E-state index in [9.17, 15) is 4.79 Å². The Kier molecular flexibility index (Phi) is 4.30. The van der Waals surface area contributed by atoms with Gasteiger partial charge >= 0.3 is 0 Å². The van der Waals surface area contributed by atoms with Crippen molar-refractivity contribution in [2.24, 2.45) is 17.6 Å². The first-order chi connectivity index (χ1) is 9.06. The van der Waals surface area contributed by atoms with Crippen molar-refractivity contribution in [3.8, 4) is 5.75 Å². The van der Waals surface area contributed by atoms with Crippen LogP contribution in [-0.4, -0.2) is 12.5 Å². The van der Waals surface area contributed by atoms with Crippen molar-refractivity contribution in [3.05, 3.63) is 23.8 Å². The molecular weight excluding hydrogens is 240 g/mol. The van der Waals surface area contributed by atoms with Gasteiger partial charge in [-0.25, -0.2) is 0 Å². The number of hydrogen-bond donors (Lipinski definition) is 2. The molecule has 0 bridgehead atoms. The molecule has 1 aliphatic rings. The van der Waals surface area contributed by atoms with Gasteiger partial charge in [0.1, 0.15) is 5.75 Å². The van der Waals surface area contributed by atoms with Crippen molar-refractivity contribution in [2.45, 2.75) is 32.6 Å². The summed E-state index contributed by atoms with van der Waals surface area (Å²) in [7, 11) is 0. The lowest BCUT2D eigenvalue weighted by Crippen LogP contribution is -2.20. The van der Waals surface area contributed by atoms with E-state index in [1.54, 1.807) is 18.2 Å². The Balaban J connectivity index is 1.94. The summed E-state index contributed by atoms with van der Waals surface area (Å²) in [5.41, 5.74) is 12.0. The molecule has 1 aromatic carbocycles. The average molecular weight is 262 g/mol. The van der Waals surface area contributed by atoms with Crippen LogP contribution < -0.4 is 16.2 Å². The molecular formula is C15H22N2O2. The third kappa shape index (κ3) is 3.63. The highest BCUT2D eigenvalue weighted by Gasteiger charge is 2.19. The second kappa shape index (κ2) is 5.95. The Morgan fingerprint density at radius 3 is 2.84 bits per heavy atom. The zero-order valence-electron chi connectivity index (χ0n) is 11.4. The number of ether oxygens (including phenoxy) is 1. The van der Waals surface area contributed by atoms with E-state index in [1.807, 2.05) is 0 Å². The lowest BCUT2D eigenvalue weighted by Gasteiger charge is -2.26. The zero-order chi connectivity index (χ0) is 13.8. The number of carbonyl (C=O) groups excluding carboxylic acids is 1. The molecule has 0 saturated heterocycles. The summed E-state index contributed by atoms with van der Waals surface area (Å²) in [5, 5.41) is 0. The minimum atomic E-state index is -0.473. The van der Waals surface area contributed by atoms with E-state index in [0.29, 0.717) is 29.5 Å². The summed E-state index contributed by atoms with van der Waals surface area (Å²) in [6, 6.07) is 4.94. The van der Waals surface area contributed by atoms with Crippen molar-refractivity contribution < 1.29 is 9.53 Å². The van der Waals surface area contributed by atoms with Crippen molar-refractivity contribution in [3.63, 3.8) is 0 Å². The van der Waals surface area contributed by atoms with Gasteiger partial charge in [0.2, 0.25) is 5.91 Å². The lowest BCUT2D eigenvalue weighted by molar-refractivity contribution is 0.1000. The van der Waals surface area contributed by atoms with E-state index in [2.05, 4.69) is 6.92 Å². The Hall–Kier alpha value is -1.71. The van der Waals surface area contributed by atoms with Crippen LogP contribution in [0.25, 0.3) is 0 Å². The highest BCUT2D eigenvalue weighted by atomic mass is 16.5. The van der Waals surface area contributed by atoms with Gasteiger partial charge in [-0.3, -0.25) is 4.79 Å². The molecule has 4 nitrogen and oxygen atoms in total. The van der Waals surface area contributed by atoms with Crippen LogP contribution in [0.1, 0.15) is 43.0 Å². The van der Waals surface area contributed by atoms with Gasteiger partial charge in [-0.2, -0.15) is 0 Å². The minimum absolute atomic E-state index is 0.413. The molecule has 19 heavy (non-hydrogen) atoms. The fourth-order valence-electron chi connectivity index (χ4n) is 2.75. The van der Waals surface area contributed by atoms with Crippen molar-refractivity contribution in [1.29, 1.82) is 0 Å². The Morgan fingerprint density at radius 1 is 1.42 bits per heavy atom. The molecule has 0 spiro atoms. The first kappa shape index (κ1) is 13.7. The van der Waals surface area contributed by atoms with Crippen molar-refractivity contribution in [2.75, 3.05) is 12.3 Å². The van der Waals surface area contributed by atoms with Gasteiger partial charge in [0.05, 0.1) is 12.3 Å². The second-order valence-electron chi connectivity index (χ2n) is 5.57. The predicted molar refractivity (Wildman–Crippen MR) is 76.0 cm³/mol. The number of nitrogen functional groups attached to an aromatic ring is 1. The molecule has 2 rings (SSSR count). The molecule has 4 N–H and O–H groups in total. The van der Waals surface area contributed by atoms with Gasteiger partial charge in [-0.1, -0.05) is 19.8 Å². The smallest absolute Gasteiger partial charge is 0.248 e. The third-order valence-corrected chi connectivity index (χ3v) is 3.81. The topological polar surface area (TPSA) is 78.3 Å². The zero-order valence-corrected chi connectivity index (χ0v) is 11.4. The summed E-state index contributed by atoms with van der Waals surface area (Å²) < 4.78 is 5.78. The number of anilines is 1. The van der Waals surface area contributed by atoms with Gasteiger partial charge in [0.25, 0.3) is 0 Å². The fourth-order valence-corrected chi connectivity index (χ4v) is 2.75. The Morgan fingerprint density at radius 2 is 2.21 bits per heavy atom. The van der Waals surface area contributed by atoms with Crippen LogP contribution in [0.3, 0.4) is 0 Å². The molecule has 1 aromatic rings. The molecule has 0 aliphatic heterocycles. The average Bonchev–Trinajstić information content (AvgIpc) is 2.37. The first-order valence-electron chi connectivity index (χ1n) is 6.88. The van der Waals surface area contributed by atoms with Gasteiger partial charge in [0.15, 0.2) is 0 Å². The number of carbonyl (C=O) groups is 1. The number of amides is 1. The molecule has 0 aromatic heterocycles. The van der Waals surface area contributed by atoms with Gasteiger partial charge in [-0.15, -0.1) is 0 Å². The summed E-state index contributed by atoms with van der Waals surface area (Å²) >= 11 is 0. The van der Waals surface area contributed by atoms with E-state index < -0.39 is 5.91 Å². The van der Waals surface area contributed by atoms with Crippen LogP contribution in [0.5, 0.6) is 5.75 Å². The summed E-state index contributed by atoms with van der Waals surface area (Å²) in [5.74, 6) is 1.57. The van der Waals surface area contributed by atoms with Crippen LogP contribution in [0.4, 0.5) is 5.69 Å². The Bertz CT molecular complexity index is 459. The van der Waals surface area contributed by atoms with E-state index >= 15 is 0 Å². The number of rotatable bonds is 4.